The second-order valence-corrected chi connectivity index (χ2v) is 4.78. The van der Waals surface area contributed by atoms with Crippen molar-refractivity contribution < 1.29 is 9.18 Å². The van der Waals surface area contributed by atoms with Crippen LogP contribution in [0.1, 0.15) is 31.1 Å². The largest absolute Gasteiger partial charge is 0.303 e. The van der Waals surface area contributed by atoms with Gasteiger partial charge in [0.05, 0.1) is 5.56 Å². The molecular formula is C14H20FNO. The molecule has 0 aliphatic carbocycles. The van der Waals surface area contributed by atoms with E-state index in [0.29, 0.717) is 12.6 Å². The lowest BCUT2D eigenvalue weighted by atomic mass is 9.98. The summed E-state index contributed by atoms with van der Waals surface area (Å²) in [7, 11) is 1.97. The summed E-state index contributed by atoms with van der Waals surface area (Å²) < 4.78 is 13.5. The molecule has 0 radical (unpaired) electrons. The minimum absolute atomic E-state index is 0.129. The average molecular weight is 237 g/mol. The first-order valence-corrected chi connectivity index (χ1v) is 5.92. The Labute approximate surface area is 102 Å². The van der Waals surface area contributed by atoms with Gasteiger partial charge in [-0.15, -0.1) is 0 Å². The summed E-state index contributed by atoms with van der Waals surface area (Å²) in [5, 5.41) is 0. The van der Waals surface area contributed by atoms with Crippen LogP contribution in [0.15, 0.2) is 24.3 Å². The van der Waals surface area contributed by atoms with Crippen molar-refractivity contribution in [3.63, 3.8) is 0 Å². The predicted molar refractivity (Wildman–Crippen MR) is 67.7 cm³/mol. The van der Waals surface area contributed by atoms with Crippen molar-refractivity contribution in [3.05, 3.63) is 35.6 Å². The Hall–Kier alpha value is -1.22. The predicted octanol–water partition coefficient (Wildman–Crippen LogP) is 2.98. The minimum atomic E-state index is -0.434. The number of halogens is 1. The average Bonchev–Trinajstić information content (AvgIpc) is 2.28. The van der Waals surface area contributed by atoms with Crippen LogP contribution >= 0.6 is 0 Å². The van der Waals surface area contributed by atoms with E-state index in [1.165, 1.54) is 6.07 Å². The van der Waals surface area contributed by atoms with Gasteiger partial charge in [-0.2, -0.15) is 0 Å². The lowest BCUT2D eigenvalue weighted by Crippen LogP contribution is -2.33. The van der Waals surface area contributed by atoms with E-state index in [1.54, 1.807) is 18.2 Å². The molecule has 0 aromatic heterocycles. The standard InChI is InChI=1S/C14H20FNO/c1-10(2)16(4)9-11(3)14(17)12-7-5-6-8-13(12)15/h5-8,10-11H,9H2,1-4H3. The monoisotopic (exact) mass is 237 g/mol. The topological polar surface area (TPSA) is 20.3 Å². The number of hydrogen-bond donors (Lipinski definition) is 0. The molecule has 0 saturated heterocycles. The van der Waals surface area contributed by atoms with E-state index >= 15 is 0 Å². The summed E-state index contributed by atoms with van der Waals surface area (Å²) in [5.41, 5.74) is 0.192. The molecule has 0 fully saturated rings. The van der Waals surface area contributed by atoms with Gasteiger partial charge in [0.25, 0.3) is 0 Å². The van der Waals surface area contributed by atoms with Crippen molar-refractivity contribution in [2.45, 2.75) is 26.8 Å². The molecular weight excluding hydrogens is 217 g/mol. The molecule has 17 heavy (non-hydrogen) atoms. The Morgan fingerprint density at radius 1 is 1.29 bits per heavy atom. The fraction of sp³-hybridized carbons (Fsp3) is 0.500. The van der Waals surface area contributed by atoms with Crippen LogP contribution in [0.3, 0.4) is 0 Å². The molecule has 1 unspecified atom stereocenters. The van der Waals surface area contributed by atoms with Gasteiger partial charge in [0.1, 0.15) is 5.82 Å². The second-order valence-electron chi connectivity index (χ2n) is 4.78. The third kappa shape index (κ3) is 3.63. The Bertz CT molecular complexity index is 390. The molecule has 2 nitrogen and oxygen atoms in total. The molecule has 1 aromatic rings. The second kappa shape index (κ2) is 5.92. The highest BCUT2D eigenvalue weighted by Gasteiger charge is 2.20. The first kappa shape index (κ1) is 13.8. The van der Waals surface area contributed by atoms with Crippen LogP contribution in [0.4, 0.5) is 4.39 Å². The van der Waals surface area contributed by atoms with Gasteiger partial charge in [0.2, 0.25) is 0 Å². The van der Waals surface area contributed by atoms with Gasteiger partial charge in [0, 0.05) is 18.5 Å². The van der Waals surface area contributed by atoms with Crippen LogP contribution < -0.4 is 0 Å². The van der Waals surface area contributed by atoms with Crippen LogP contribution in [0.2, 0.25) is 0 Å². The Balaban J connectivity index is 2.74. The van der Waals surface area contributed by atoms with Crippen LogP contribution in [0, 0.1) is 11.7 Å². The fourth-order valence-corrected chi connectivity index (χ4v) is 1.65. The summed E-state index contributed by atoms with van der Waals surface area (Å²) in [5.74, 6) is -0.758. The van der Waals surface area contributed by atoms with Crippen LogP contribution in [0.5, 0.6) is 0 Å². The van der Waals surface area contributed by atoms with Crippen LogP contribution in [-0.4, -0.2) is 30.3 Å². The summed E-state index contributed by atoms with van der Waals surface area (Å²) in [6, 6.07) is 6.54. The quantitative estimate of drug-likeness (QED) is 0.734. The van der Waals surface area contributed by atoms with E-state index in [-0.39, 0.29) is 17.3 Å². The fourth-order valence-electron chi connectivity index (χ4n) is 1.65. The minimum Gasteiger partial charge on any atom is -0.303 e. The van der Waals surface area contributed by atoms with Gasteiger partial charge in [-0.3, -0.25) is 4.79 Å². The zero-order valence-corrected chi connectivity index (χ0v) is 10.9. The maximum absolute atomic E-state index is 13.5. The number of rotatable bonds is 5. The molecule has 0 heterocycles. The molecule has 0 amide bonds. The summed E-state index contributed by atoms with van der Waals surface area (Å²) in [6.45, 7) is 6.62. The molecule has 1 atom stereocenters. The van der Waals surface area contributed by atoms with Gasteiger partial charge >= 0.3 is 0 Å². The molecule has 0 aliphatic rings. The molecule has 1 aromatic carbocycles. The van der Waals surface area contributed by atoms with Crippen molar-refractivity contribution in [3.8, 4) is 0 Å². The third-order valence-electron chi connectivity index (χ3n) is 3.03. The molecule has 0 N–H and O–H groups in total. The summed E-state index contributed by atoms with van der Waals surface area (Å²) >= 11 is 0. The van der Waals surface area contributed by atoms with Crippen molar-refractivity contribution in [1.82, 2.24) is 4.90 Å². The van der Waals surface area contributed by atoms with Gasteiger partial charge in [-0.1, -0.05) is 19.1 Å². The molecule has 1 rings (SSSR count). The van der Waals surface area contributed by atoms with Gasteiger partial charge in [-0.25, -0.2) is 4.39 Å². The number of carbonyl (C=O) groups is 1. The Kier molecular flexibility index (Phi) is 4.82. The lowest BCUT2D eigenvalue weighted by molar-refractivity contribution is 0.0889. The van der Waals surface area contributed by atoms with Crippen molar-refractivity contribution in [2.24, 2.45) is 5.92 Å². The smallest absolute Gasteiger partial charge is 0.169 e. The third-order valence-corrected chi connectivity index (χ3v) is 3.03. The first-order valence-electron chi connectivity index (χ1n) is 5.92. The highest BCUT2D eigenvalue weighted by atomic mass is 19.1. The number of hydrogen-bond acceptors (Lipinski definition) is 2. The van der Waals surface area contributed by atoms with Crippen molar-refractivity contribution >= 4 is 5.78 Å². The van der Waals surface area contributed by atoms with E-state index in [0.717, 1.165) is 0 Å². The Morgan fingerprint density at radius 3 is 2.41 bits per heavy atom. The molecule has 3 heteroatoms. The molecule has 0 bridgehead atoms. The van der Waals surface area contributed by atoms with E-state index in [4.69, 9.17) is 0 Å². The van der Waals surface area contributed by atoms with Crippen LogP contribution in [0.25, 0.3) is 0 Å². The number of benzene rings is 1. The maximum Gasteiger partial charge on any atom is 0.169 e. The zero-order valence-electron chi connectivity index (χ0n) is 10.9. The normalized spacial score (nSPS) is 13.1. The summed E-state index contributed by atoms with van der Waals surface area (Å²) in [6.07, 6.45) is 0. The van der Waals surface area contributed by atoms with Crippen molar-refractivity contribution in [1.29, 1.82) is 0 Å². The highest BCUT2D eigenvalue weighted by molar-refractivity contribution is 5.98. The van der Waals surface area contributed by atoms with E-state index < -0.39 is 5.82 Å². The number of carbonyl (C=O) groups excluding carboxylic acids is 1. The number of ketones is 1. The van der Waals surface area contributed by atoms with Gasteiger partial charge in [-0.05, 0) is 33.0 Å². The lowest BCUT2D eigenvalue weighted by Gasteiger charge is -2.24. The molecule has 94 valence electrons. The highest BCUT2D eigenvalue weighted by Crippen LogP contribution is 2.14. The van der Waals surface area contributed by atoms with Gasteiger partial charge in [0.15, 0.2) is 5.78 Å². The number of nitrogens with zero attached hydrogens (tertiary/aromatic N) is 1. The molecule has 0 aliphatic heterocycles. The maximum atomic E-state index is 13.5. The molecule has 0 saturated carbocycles. The molecule has 0 spiro atoms. The zero-order chi connectivity index (χ0) is 13.0. The van der Waals surface area contributed by atoms with E-state index in [9.17, 15) is 9.18 Å². The van der Waals surface area contributed by atoms with E-state index in [1.807, 2.05) is 14.0 Å². The Morgan fingerprint density at radius 2 is 1.88 bits per heavy atom. The number of Topliss-reactive ketones (excluding diaryl/α,β-unsaturated/α-hetero) is 1. The van der Waals surface area contributed by atoms with E-state index in [2.05, 4.69) is 18.7 Å². The SMILES string of the molecule is CC(CN(C)C(C)C)C(=O)c1ccccc1F. The van der Waals surface area contributed by atoms with Crippen LogP contribution in [-0.2, 0) is 0 Å². The van der Waals surface area contributed by atoms with Crippen molar-refractivity contribution in [2.75, 3.05) is 13.6 Å². The first-order chi connectivity index (χ1) is 7.93. The van der Waals surface area contributed by atoms with Gasteiger partial charge < -0.3 is 4.90 Å². The summed E-state index contributed by atoms with van der Waals surface area (Å²) in [4.78, 5) is 14.1.